The number of hydrogen-bond acceptors (Lipinski definition) is 0. The molecule has 0 bridgehead atoms. The fourth-order valence-electron chi connectivity index (χ4n) is 5.33. The molecule has 0 saturated carbocycles. The van der Waals surface area contributed by atoms with Gasteiger partial charge in [-0.05, 0) is 50.6 Å². The van der Waals surface area contributed by atoms with Crippen molar-refractivity contribution >= 4 is 13.3 Å². The van der Waals surface area contributed by atoms with E-state index < -0.39 is 13.6 Å². The summed E-state index contributed by atoms with van der Waals surface area (Å²) in [6, 6.07) is 12.9. The molecule has 0 spiro atoms. The van der Waals surface area contributed by atoms with E-state index in [4.69, 9.17) is 5.73 Å². The summed E-state index contributed by atoms with van der Waals surface area (Å²) in [4.78, 5) is 0. The van der Waals surface area contributed by atoms with Gasteiger partial charge in [0, 0.05) is 19.5 Å². The molecule has 160 valence electrons. The molecule has 3 heteroatoms. The summed E-state index contributed by atoms with van der Waals surface area (Å²) in [7, 11) is -1.80. The molecule has 0 fully saturated rings. The number of nitrogens with one attached hydrogen (secondary N) is 1. The predicted octanol–water partition coefficient (Wildman–Crippen LogP) is 7.60. The van der Waals surface area contributed by atoms with Crippen molar-refractivity contribution in [1.29, 1.82) is 0 Å². The first-order valence-electron chi connectivity index (χ1n) is 11.1. The van der Waals surface area contributed by atoms with Crippen LogP contribution in [-0.2, 0) is 36.7 Å². The van der Waals surface area contributed by atoms with Gasteiger partial charge in [-0.15, -0.1) is 5.54 Å². The van der Waals surface area contributed by atoms with Gasteiger partial charge in [-0.1, -0.05) is 110 Å². The van der Waals surface area contributed by atoms with Crippen molar-refractivity contribution in [1.82, 2.24) is 0 Å². The van der Waals surface area contributed by atoms with Crippen LogP contribution in [0, 0.1) is 0 Å². The van der Waals surface area contributed by atoms with Crippen LogP contribution in [0.5, 0.6) is 0 Å². The molecule has 0 amide bonds. The van der Waals surface area contributed by atoms with E-state index in [9.17, 15) is 0 Å². The molecule has 0 aromatic heterocycles. The van der Waals surface area contributed by atoms with Crippen molar-refractivity contribution in [2.24, 2.45) is 0 Å². The molecule has 3 rings (SSSR count). The average molecular weight is 472 g/mol. The minimum atomic E-state index is -1.80. The van der Waals surface area contributed by atoms with Crippen LogP contribution in [0.2, 0.25) is 19.1 Å². The molecule has 0 radical (unpaired) electrons. The van der Waals surface area contributed by atoms with E-state index in [1.54, 1.807) is 10.8 Å². The zero-order chi connectivity index (χ0) is 22.0. The summed E-state index contributed by atoms with van der Waals surface area (Å²) in [5.41, 5.74) is 17.3. The molecule has 0 aliphatic heterocycles. The van der Waals surface area contributed by atoms with Crippen LogP contribution >= 0.6 is 0 Å². The number of hydrogen-bond donors (Lipinski definition) is 0. The van der Waals surface area contributed by atoms with E-state index in [0.717, 1.165) is 12.5 Å². The van der Waals surface area contributed by atoms with E-state index in [1.165, 1.54) is 27.8 Å². The van der Waals surface area contributed by atoms with Crippen molar-refractivity contribution < 1.29 is 19.5 Å². The summed E-state index contributed by atoms with van der Waals surface area (Å²) >= 11 is 0. The molecule has 0 heterocycles. The third-order valence-corrected chi connectivity index (χ3v) is 10.0. The Morgan fingerprint density at radius 3 is 1.90 bits per heavy atom. The van der Waals surface area contributed by atoms with Gasteiger partial charge in [0.05, 0.1) is 8.07 Å². The second-order valence-electron chi connectivity index (χ2n) is 12.5. The first-order valence-corrected chi connectivity index (χ1v) is 14.3. The Kier molecular flexibility index (Phi) is 6.78. The van der Waals surface area contributed by atoms with E-state index in [2.05, 4.69) is 98.8 Å². The minimum Gasteiger partial charge on any atom is -0.673 e. The maximum atomic E-state index is 8.62. The molecule has 2 aromatic carbocycles. The number of rotatable bonds is 3. The van der Waals surface area contributed by atoms with Crippen LogP contribution in [0.3, 0.4) is 0 Å². The van der Waals surface area contributed by atoms with Gasteiger partial charge >= 0.3 is 0 Å². The Morgan fingerprint density at radius 1 is 0.833 bits per heavy atom. The summed E-state index contributed by atoms with van der Waals surface area (Å²) in [6.45, 7) is 23.0. The van der Waals surface area contributed by atoms with Gasteiger partial charge < -0.3 is 5.73 Å². The first-order chi connectivity index (χ1) is 13.0. The predicted molar refractivity (Wildman–Crippen MR) is 132 cm³/mol. The van der Waals surface area contributed by atoms with Crippen LogP contribution < -0.4 is 5.19 Å². The Balaban J connectivity index is 0.00000320. The van der Waals surface area contributed by atoms with Crippen LogP contribution in [0.4, 0.5) is 0 Å². The van der Waals surface area contributed by atoms with Gasteiger partial charge in [0.2, 0.25) is 0 Å². The van der Waals surface area contributed by atoms with Crippen LogP contribution in [-0.4, -0.2) is 13.6 Å². The average Bonchev–Trinajstić information content (AvgIpc) is 2.87. The molecular weight excluding hydrogens is 432 g/mol. The fraction of sp³-hybridized carbons (Fsp3) is 0.556. The van der Waals surface area contributed by atoms with Crippen LogP contribution in [0.1, 0.15) is 77.6 Å². The van der Waals surface area contributed by atoms with Crippen molar-refractivity contribution in [3.63, 3.8) is 0 Å². The third-order valence-electron chi connectivity index (χ3n) is 6.31. The molecule has 2 aromatic rings. The Bertz CT molecular complexity index is 937. The van der Waals surface area contributed by atoms with Gasteiger partial charge in [-0.25, -0.2) is 0 Å². The topological polar surface area (TPSA) is 23.8 Å². The standard InChI is InChI=1S/C27H40NSi.Zn/c1-25(2,3)19-11-12-20-18(15-19)16-22-21(20)13-14-23(26(4,5)6)24(22)29(9,10)17-27(7,8)28;/h11-15,28H,16-17H2,1-10H3;/q-1;. The maximum Gasteiger partial charge on any atom is 0.0802 e. The maximum absolute atomic E-state index is 8.62. The SMILES string of the molecule is CC(C)([NH-])C[Si](C)(C)c1c(C(C)(C)C)ccc2c1Cc1cc(C(C)(C)C)ccc1-2.[Zn]. The van der Waals surface area contributed by atoms with Gasteiger partial charge in [0.15, 0.2) is 0 Å². The molecular formula is C27H40NSiZn-. The van der Waals surface area contributed by atoms with Crippen LogP contribution in [0.25, 0.3) is 16.9 Å². The fourth-order valence-corrected chi connectivity index (χ4v) is 9.95. The summed E-state index contributed by atoms with van der Waals surface area (Å²) in [6.07, 6.45) is 1.04. The number of fused-ring (bicyclic) bond motifs is 3. The molecule has 1 aliphatic rings. The third kappa shape index (κ3) is 5.00. The van der Waals surface area contributed by atoms with Crippen molar-refractivity contribution in [3.8, 4) is 11.1 Å². The van der Waals surface area contributed by atoms with E-state index in [-0.39, 0.29) is 30.3 Å². The number of benzene rings is 2. The molecule has 0 atom stereocenters. The van der Waals surface area contributed by atoms with E-state index in [1.807, 2.05) is 0 Å². The Labute approximate surface area is 199 Å². The van der Waals surface area contributed by atoms with Crippen molar-refractivity contribution in [3.05, 3.63) is 58.3 Å². The molecule has 1 aliphatic carbocycles. The van der Waals surface area contributed by atoms with Crippen molar-refractivity contribution in [2.45, 2.75) is 97.3 Å². The monoisotopic (exact) mass is 470 g/mol. The van der Waals surface area contributed by atoms with Crippen LogP contribution in [0.15, 0.2) is 30.3 Å². The normalized spacial score (nSPS) is 14.2. The molecule has 0 saturated heterocycles. The molecule has 1 nitrogen and oxygen atoms in total. The zero-order valence-corrected chi connectivity index (χ0v) is 25.0. The van der Waals surface area contributed by atoms with Gasteiger partial charge in [-0.3, -0.25) is 0 Å². The summed E-state index contributed by atoms with van der Waals surface area (Å²) in [5.74, 6) is 0. The van der Waals surface area contributed by atoms with Gasteiger partial charge in [-0.2, -0.15) is 0 Å². The van der Waals surface area contributed by atoms with E-state index in [0.29, 0.717) is 0 Å². The minimum absolute atomic E-state index is 0. The zero-order valence-electron chi connectivity index (χ0n) is 21.0. The second kappa shape index (κ2) is 7.98. The summed E-state index contributed by atoms with van der Waals surface area (Å²) < 4.78 is 0. The quantitative estimate of drug-likeness (QED) is 0.351. The van der Waals surface area contributed by atoms with E-state index >= 15 is 0 Å². The largest absolute Gasteiger partial charge is 0.673 e. The first kappa shape index (κ1) is 25.5. The second-order valence-corrected chi connectivity index (χ2v) is 17.1. The molecule has 0 unspecified atom stereocenters. The van der Waals surface area contributed by atoms with Gasteiger partial charge in [0.1, 0.15) is 0 Å². The van der Waals surface area contributed by atoms with Gasteiger partial charge in [0.25, 0.3) is 0 Å². The molecule has 1 N–H and O–H groups in total. The Morgan fingerprint density at radius 2 is 1.40 bits per heavy atom. The smallest absolute Gasteiger partial charge is 0.0802 e. The summed E-state index contributed by atoms with van der Waals surface area (Å²) in [5, 5.41) is 1.62. The molecule has 30 heavy (non-hydrogen) atoms. The van der Waals surface area contributed by atoms with Crippen molar-refractivity contribution in [2.75, 3.05) is 0 Å². The Hall–Kier alpha value is -0.760.